The second-order valence-electron chi connectivity index (χ2n) is 4.10. The van der Waals surface area contributed by atoms with Crippen molar-refractivity contribution in [2.24, 2.45) is 5.41 Å². The maximum Gasteiger partial charge on any atom is 0.305 e. The molecule has 92 valence electrons. The molecule has 0 N–H and O–H groups in total. The van der Waals surface area contributed by atoms with Gasteiger partial charge in [0.15, 0.2) is 0 Å². The fourth-order valence-corrected chi connectivity index (χ4v) is 1.42. The highest BCUT2D eigenvalue weighted by Gasteiger charge is 2.34. The average molecular weight is 228 g/mol. The summed E-state index contributed by atoms with van der Waals surface area (Å²) in [6, 6.07) is 0. The van der Waals surface area contributed by atoms with Gasteiger partial charge in [0.05, 0.1) is 12.0 Å². The zero-order valence-electron chi connectivity index (χ0n) is 10.5. The van der Waals surface area contributed by atoms with Gasteiger partial charge in [0, 0.05) is 6.42 Å². The molecule has 4 heteroatoms. The number of Topliss-reactive ketones (excluding diaryl/α,β-unsaturated/α-hetero) is 2. The zero-order valence-corrected chi connectivity index (χ0v) is 10.5. The number of hydrogen-bond acceptors (Lipinski definition) is 4. The lowest BCUT2D eigenvalue weighted by molar-refractivity contribution is -0.144. The van der Waals surface area contributed by atoms with Crippen LogP contribution < -0.4 is 0 Å². The Balaban J connectivity index is 4.20. The Morgan fingerprint density at radius 2 is 1.62 bits per heavy atom. The third-order valence-electron chi connectivity index (χ3n) is 2.92. The molecule has 16 heavy (non-hydrogen) atoms. The van der Waals surface area contributed by atoms with Crippen LogP contribution in [-0.4, -0.2) is 24.1 Å². The first-order valence-corrected chi connectivity index (χ1v) is 5.52. The first-order chi connectivity index (χ1) is 7.34. The molecule has 0 aliphatic heterocycles. The van der Waals surface area contributed by atoms with E-state index in [0.717, 1.165) is 0 Å². The number of esters is 1. The first kappa shape index (κ1) is 14.8. The van der Waals surface area contributed by atoms with E-state index in [1.54, 1.807) is 13.8 Å². The topological polar surface area (TPSA) is 60.4 Å². The molecule has 0 saturated carbocycles. The van der Waals surface area contributed by atoms with Crippen LogP contribution in [0.3, 0.4) is 0 Å². The van der Waals surface area contributed by atoms with Gasteiger partial charge in [-0.15, -0.1) is 0 Å². The van der Waals surface area contributed by atoms with Crippen LogP contribution in [0.15, 0.2) is 0 Å². The van der Waals surface area contributed by atoms with Crippen LogP contribution in [0.1, 0.15) is 47.0 Å². The molecule has 0 saturated heterocycles. The molecule has 0 aliphatic carbocycles. The van der Waals surface area contributed by atoms with Crippen LogP contribution in [0.25, 0.3) is 0 Å². The summed E-state index contributed by atoms with van der Waals surface area (Å²) in [5.74, 6) is -0.579. The van der Waals surface area contributed by atoms with Crippen molar-refractivity contribution in [2.75, 3.05) is 6.61 Å². The van der Waals surface area contributed by atoms with Crippen molar-refractivity contribution in [3.63, 3.8) is 0 Å². The second kappa shape index (κ2) is 6.40. The van der Waals surface area contributed by atoms with Gasteiger partial charge >= 0.3 is 5.97 Å². The van der Waals surface area contributed by atoms with Crippen LogP contribution in [0.4, 0.5) is 0 Å². The summed E-state index contributed by atoms with van der Waals surface area (Å²) in [5, 5.41) is 0. The Bertz CT molecular complexity index is 267. The summed E-state index contributed by atoms with van der Waals surface area (Å²) in [6.07, 6.45) is 1.15. The molecule has 0 radical (unpaired) electrons. The highest BCUT2D eigenvalue weighted by Crippen LogP contribution is 2.26. The molecular formula is C12H20O4. The fourth-order valence-electron chi connectivity index (χ4n) is 1.42. The Labute approximate surface area is 96.4 Å². The van der Waals surface area contributed by atoms with Gasteiger partial charge < -0.3 is 4.74 Å². The summed E-state index contributed by atoms with van der Waals surface area (Å²) in [4.78, 5) is 33.8. The molecule has 0 rings (SSSR count). The minimum absolute atomic E-state index is 0.149. The predicted octanol–water partition coefficient (Wildman–Crippen LogP) is 1.90. The van der Waals surface area contributed by atoms with Gasteiger partial charge in [0.25, 0.3) is 0 Å². The number of ketones is 2. The lowest BCUT2D eigenvalue weighted by Gasteiger charge is -2.22. The highest BCUT2D eigenvalue weighted by atomic mass is 16.5. The van der Waals surface area contributed by atoms with E-state index in [-0.39, 0.29) is 24.0 Å². The van der Waals surface area contributed by atoms with Crippen LogP contribution in [0, 0.1) is 5.41 Å². The quantitative estimate of drug-likeness (QED) is 0.493. The molecule has 0 bridgehead atoms. The van der Waals surface area contributed by atoms with Gasteiger partial charge in [-0.3, -0.25) is 14.4 Å². The van der Waals surface area contributed by atoms with Crippen molar-refractivity contribution in [1.82, 2.24) is 0 Å². The number of rotatable bonds is 7. The molecule has 0 atom stereocenters. The summed E-state index contributed by atoms with van der Waals surface area (Å²) in [6.45, 7) is 6.54. The Kier molecular flexibility index (Phi) is 5.93. The smallest absolute Gasteiger partial charge is 0.305 e. The van der Waals surface area contributed by atoms with Gasteiger partial charge in [0.2, 0.25) is 0 Å². The zero-order chi connectivity index (χ0) is 12.8. The molecule has 0 spiro atoms. The lowest BCUT2D eigenvalue weighted by Crippen LogP contribution is -2.33. The minimum atomic E-state index is -0.952. The SMILES string of the molecule is CCOC(=O)CCCC(C)(C(C)=O)C(C)=O. The minimum Gasteiger partial charge on any atom is -0.466 e. The van der Waals surface area contributed by atoms with Crippen molar-refractivity contribution < 1.29 is 19.1 Å². The van der Waals surface area contributed by atoms with E-state index < -0.39 is 5.41 Å². The van der Waals surface area contributed by atoms with Crippen LogP contribution in [-0.2, 0) is 19.1 Å². The third kappa shape index (κ3) is 4.13. The monoisotopic (exact) mass is 228 g/mol. The maximum absolute atomic E-state index is 11.4. The number of carbonyl (C=O) groups is 3. The number of ether oxygens (including phenoxy) is 1. The highest BCUT2D eigenvalue weighted by molar-refractivity contribution is 6.04. The molecule has 0 aromatic rings. The van der Waals surface area contributed by atoms with Gasteiger partial charge in [-0.05, 0) is 40.5 Å². The first-order valence-electron chi connectivity index (χ1n) is 5.52. The summed E-state index contributed by atoms with van der Waals surface area (Å²) in [7, 11) is 0. The molecule has 4 nitrogen and oxygen atoms in total. The second-order valence-corrected chi connectivity index (χ2v) is 4.10. The average Bonchev–Trinajstić information content (AvgIpc) is 2.17. The van der Waals surface area contributed by atoms with Crippen LogP contribution in [0.2, 0.25) is 0 Å². The Morgan fingerprint density at radius 1 is 1.12 bits per heavy atom. The fraction of sp³-hybridized carbons (Fsp3) is 0.750. The maximum atomic E-state index is 11.4. The van der Waals surface area contributed by atoms with E-state index in [0.29, 0.717) is 19.4 Å². The molecular weight excluding hydrogens is 208 g/mol. The van der Waals surface area contributed by atoms with E-state index >= 15 is 0 Å². The van der Waals surface area contributed by atoms with Crippen LogP contribution >= 0.6 is 0 Å². The third-order valence-corrected chi connectivity index (χ3v) is 2.92. The van der Waals surface area contributed by atoms with E-state index in [4.69, 9.17) is 4.74 Å². The van der Waals surface area contributed by atoms with Crippen molar-refractivity contribution in [2.45, 2.75) is 47.0 Å². The molecule has 0 aromatic carbocycles. The van der Waals surface area contributed by atoms with Gasteiger partial charge in [0.1, 0.15) is 11.6 Å². The number of hydrogen-bond donors (Lipinski definition) is 0. The van der Waals surface area contributed by atoms with E-state index in [9.17, 15) is 14.4 Å². The summed E-state index contributed by atoms with van der Waals surface area (Å²) >= 11 is 0. The standard InChI is InChI=1S/C12H20O4/c1-5-16-11(15)7-6-8-12(4,9(2)13)10(3)14/h5-8H2,1-4H3. The van der Waals surface area contributed by atoms with Gasteiger partial charge in [-0.25, -0.2) is 0 Å². The number of carbonyl (C=O) groups excluding carboxylic acids is 3. The van der Waals surface area contributed by atoms with E-state index in [1.165, 1.54) is 13.8 Å². The molecule has 0 fully saturated rings. The molecule has 0 unspecified atom stereocenters. The molecule has 0 amide bonds. The molecule has 0 aliphatic rings. The summed E-state index contributed by atoms with van der Waals surface area (Å²) in [5.41, 5.74) is -0.952. The van der Waals surface area contributed by atoms with Crippen LogP contribution in [0.5, 0.6) is 0 Å². The van der Waals surface area contributed by atoms with E-state index in [2.05, 4.69) is 0 Å². The lowest BCUT2D eigenvalue weighted by atomic mass is 9.78. The van der Waals surface area contributed by atoms with Crippen molar-refractivity contribution in [3.05, 3.63) is 0 Å². The normalized spacial score (nSPS) is 11.0. The van der Waals surface area contributed by atoms with Crippen molar-refractivity contribution in [3.8, 4) is 0 Å². The van der Waals surface area contributed by atoms with Crippen molar-refractivity contribution in [1.29, 1.82) is 0 Å². The van der Waals surface area contributed by atoms with Crippen molar-refractivity contribution >= 4 is 17.5 Å². The summed E-state index contributed by atoms with van der Waals surface area (Å²) < 4.78 is 4.77. The molecule has 0 heterocycles. The predicted molar refractivity (Wildman–Crippen MR) is 60.0 cm³/mol. The Morgan fingerprint density at radius 3 is 2.00 bits per heavy atom. The van der Waals surface area contributed by atoms with E-state index in [1.807, 2.05) is 0 Å². The van der Waals surface area contributed by atoms with Gasteiger partial charge in [-0.2, -0.15) is 0 Å². The molecule has 0 aromatic heterocycles. The Hall–Kier alpha value is -1.19. The van der Waals surface area contributed by atoms with Gasteiger partial charge in [-0.1, -0.05) is 0 Å². The largest absolute Gasteiger partial charge is 0.466 e.